The number of aromatic nitrogens is 2. The summed E-state index contributed by atoms with van der Waals surface area (Å²) >= 11 is 0. The van der Waals surface area contributed by atoms with Crippen LogP contribution >= 0.6 is 0 Å². The van der Waals surface area contributed by atoms with Gasteiger partial charge in [0.2, 0.25) is 0 Å². The molecule has 5 heteroatoms. The van der Waals surface area contributed by atoms with E-state index < -0.39 is 0 Å². The lowest BCUT2D eigenvalue weighted by Gasteiger charge is -2.07. The molecule has 3 aromatic rings. The number of nitrogens with zero attached hydrogens (tertiary/aromatic N) is 2. The summed E-state index contributed by atoms with van der Waals surface area (Å²) in [5.74, 6) is 0.308. The van der Waals surface area contributed by atoms with Crippen LogP contribution in [0.4, 0.5) is 17.2 Å². The summed E-state index contributed by atoms with van der Waals surface area (Å²) in [6.07, 6.45) is 3.97. The van der Waals surface area contributed by atoms with Gasteiger partial charge in [-0.2, -0.15) is 0 Å². The van der Waals surface area contributed by atoms with Gasteiger partial charge in [0, 0.05) is 11.4 Å². The molecule has 2 N–H and O–H groups in total. The van der Waals surface area contributed by atoms with E-state index in [-0.39, 0.29) is 11.6 Å². The Morgan fingerprint density at radius 1 is 0.917 bits per heavy atom. The molecule has 0 bridgehead atoms. The van der Waals surface area contributed by atoms with Crippen LogP contribution in [0.1, 0.15) is 23.0 Å². The lowest BCUT2D eigenvalue weighted by Crippen LogP contribution is -2.14. The van der Waals surface area contributed by atoms with Crippen molar-refractivity contribution in [1.82, 2.24) is 9.97 Å². The Hall–Kier alpha value is -3.21. The molecule has 0 aliphatic heterocycles. The summed E-state index contributed by atoms with van der Waals surface area (Å²) in [7, 11) is 0. The van der Waals surface area contributed by atoms with Gasteiger partial charge < -0.3 is 10.6 Å². The van der Waals surface area contributed by atoms with E-state index in [2.05, 4.69) is 27.5 Å². The molecule has 120 valence electrons. The number of nitrogens with one attached hydrogen (secondary N) is 2. The van der Waals surface area contributed by atoms with Crippen molar-refractivity contribution in [2.45, 2.75) is 13.3 Å². The number of anilines is 3. The maximum Gasteiger partial charge on any atom is 0.275 e. The first kappa shape index (κ1) is 15.7. The topological polar surface area (TPSA) is 66.9 Å². The maximum atomic E-state index is 12.2. The summed E-state index contributed by atoms with van der Waals surface area (Å²) in [6.45, 7) is 2.09. The van der Waals surface area contributed by atoms with Crippen molar-refractivity contribution in [3.05, 3.63) is 78.2 Å². The van der Waals surface area contributed by atoms with Crippen molar-refractivity contribution in [1.29, 1.82) is 0 Å². The van der Waals surface area contributed by atoms with E-state index in [1.165, 1.54) is 11.8 Å². The number of carbonyl (C=O) groups is 1. The molecular formula is C19H18N4O. The first-order chi connectivity index (χ1) is 11.7. The average molecular weight is 318 g/mol. The fraction of sp³-hybridized carbons (Fsp3) is 0.105. The minimum atomic E-state index is -0.280. The van der Waals surface area contributed by atoms with Crippen molar-refractivity contribution in [2.75, 3.05) is 10.6 Å². The molecule has 24 heavy (non-hydrogen) atoms. The normalized spacial score (nSPS) is 10.2. The molecule has 0 atom stereocenters. The first-order valence-electron chi connectivity index (χ1n) is 7.79. The molecule has 0 aliphatic carbocycles. The predicted molar refractivity (Wildman–Crippen MR) is 95.5 cm³/mol. The van der Waals surface area contributed by atoms with Crippen LogP contribution in [0.15, 0.2) is 67.0 Å². The highest BCUT2D eigenvalue weighted by Gasteiger charge is 2.08. The Balaban J connectivity index is 1.64. The molecule has 0 saturated carbocycles. The Bertz CT molecular complexity index is 799. The SMILES string of the molecule is CCc1ccc(NC(=O)c2cnc(Nc3ccccc3)cn2)cc1. The molecule has 1 heterocycles. The third kappa shape index (κ3) is 3.95. The fourth-order valence-corrected chi connectivity index (χ4v) is 2.20. The fourth-order valence-electron chi connectivity index (χ4n) is 2.20. The van der Waals surface area contributed by atoms with E-state index in [0.717, 1.165) is 17.8 Å². The molecule has 0 aliphatic rings. The summed E-state index contributed by atoms with van der Waals surface area (Å²) in [6, 6.07) is 17.4. The van der Waals surface area contributed by atoms with Crippen molar-refractivity contribution < 1.29 is 4.79 Å². The van der Waals surface area contributed by atoms with Crippen molar-refractivity contribution in [3.8, 4) is 0 Å². The summed E-state index contributed by atoms with van der Waals surface area (Å²) in [5.41, 5.74) is 3.16. The number of para-hydroxylation sites is 1. The second kappa shape index (κ2) is 7.37. The Labute approximate surface area is 140 Å². The lowest BCUT2D eigenvalue weighted by molar-refractivity contribution is 0.102. The molecular weight excluding hydrogens is 300 g/mol. The van der Waals surface area contributed by atoms with Crippen LogP contribution in [-0.2, 0) is 6.42 Å². The van der Waals surface area contributed by atoms with E-state index in [1.54, 1.807) is 6.20 Å². The Morgan fingerprint density at radius 3 is 2.29 bits per heavy atom. The number of rotatable bonds is 5. The quantitative estimate of drug-likeness (QED) is 0.745. The summed E-state index contributed by atoms with van der Waals surface area (Å²) in [4.78, 5) is 20.6. The molecule has 5 nitrogen and oxygen atoms in total. The van der Waals surface area contributed by atoms with Crippen molar-refractivity contribution in [2.24, 2.45) is 0 Å². The molecule has 1 aromatic heterocycles. The number of hydrogen-bond donors (Lipinski definition) is 2. The third-order valence-corrected chi connectivity index (χ3v) is 3.55. The maximum absolute atomic E-state index is 12.2. The number of carbonyl (C=O) groups excluding carboxylic acids is 1. The number of benzene rings is 2. The van der Waals surface area contributed by atoms with Gasteiger partial charge in [0.25, 0.3) is 5.91 Å². The highest BCUT2D eigenvalue weighted by Crippen LogP contribution is 2.14. The van der Waals surface area contributed by atoms with Crippen molar-refractivity contribution in [3.63, 3.8) is 0 Å². The Morgan fingerprint density at radius 2 is 1.67 bits per heavy atom. The summed E-state index contributed by atoms with van der Waals surface area (Å²) in [5, 5.41) is 5.94. The van der Waals surface area contributed by atoms with Gasteiger partial charge >= 0.3 is 0 Å². The zero-order chi connectivity index (χ0) is 16.8. The third-order valence-electron chi connectivity index (χ3n) is 3.55. The van der Waals surface area contributed by atoms with Crippen LogP contribution in [0.3, 0.4) is 0 Å². The van der Waals surface area contributed by atoms with Gasteiger partial charge in [0.1, 0.15) is 11.5 Å². The van der Waals surface area contributed by atoms with E-state index in [1.807, 2.05) is 54.6 Å². The highest BCUT2D eigenvalue weighted by atomic mass is 16.1. The predicted octanol–water partition coefficient (Wildman–Crippen LogP) is 4.03. The smallest absolute Gasteiger partial charge is 0.275 e. The van der Waals surface area contributed by atoms with Gasteiger partial charge in [-0.05, 0) is 36.2 Å². The molecule has 1 amide bonds. The average Bonchev–Trinajstić information content (AvgIpc) is 2.64. The van der Waals surface area contributed by atoms with Gasteiger partial charge in [-0.1, -0.05) is 37.3 Å². The van der Waals surface area contributed by atoms with Crippen LogP contribution in [-0.4, -0.2) is 15.9 Å². The summed E-state index contributed by atoms with van der Waals surface area (Å²) < 4.78 is 0. The second-order valence-electron chi connectivity index (χ2n) is 5.28. The van der Waals surface area contributed by atoms with Crippen LogP contribution in [0.5, 0.6) is 0 Å². The zero-order valence-electron chi connectivity index (χ0n) is 13.4. The number of hydrogen-bond acceptors (Lipinski definition) is 4. The largest absolute Gasteiger partial charge is 0.339 e. The molecule has 0 unspecified atom stereocenters. The minimum Gasteiger partial charge on any atom is -0.339 e. The van der Waals surface area contributed by atoms with Gasteiger partial charge in [-0.15, -0.1) is 0 Å². The minimum absolute atomic E-state index is 0.271. The molecule has 0 radical (unpaired) electrons. The zero-order valence-corrected chi connectivity index (χ0v) is 13.4. The van der Waals surface area contributed by atoms with Crippen LogP contribution in [0, 0.1) is 0 Å². The van der Waals surface area contributed by atoms with Crippen LogP contribution < -0.4 is 10.6 Å². The van der Waals surface area contributed by atoms with Crippen LogP contribution in [0.25, 0.3) is 0 Å². The standard InChI is InChI=1S/C19H18N4O/c1-2-14-8-10-16(11-9-14)23-19(24)17-12-21-18(13-20-17)22-15-6-4-3-5-7-15/h3-13H,2H2,1H3,(H,21,22)(H,23,24). The monoisotopic (exact) mass is 318 g/mol. The van der Waals surface area contributed by atoms with Gasteiger partial charge in [0.15, 0.2) is 0 Å². The lowest BCUT2D eigenvalue weighted by atomic mass is 10.1. The van der Waals surface area contributed by atoms with Crippen molar-refractivity contribution >= 4 is 23.1 Å². The Kier molecular flexibility index (Phi) is 4.81. The molecule has 0 spiro atoms. The number of amides is 1. The molecule has 2 aromatic carbocycles. The second-order valence-corrected chi connectivity index (χ2v) is 5.28. The van der Waals surface area contributed by atoms with E-state index in [9.17, 15) is 4.79 Å². The highest BCUT2D eigenvalue weighted by molar-refractivity contribution is 6.02. The molecule has 0 saturated heterocycles. The first-order valence-corrected chi connectivity index (χ1v) is 7.79. The van der Waals surface area contributed by atoms with E-state index in [0.29, 0.717) is 5.82 Å². The van der Waals surface area contributed by atoms with Crippen LogP contribution in [0.2, 0.25) is 0 Å². The van der Waals surface area contributed by atoms with Gasteiger partial charge in [-0.3, -0.25) is 4.79 Å². The van der Waals surface area contributed by atoms with E-state index >= 15 is 0 Å². The van der Waals surface area contributed by atoms with E-state index in [4.69, 9.17) is 0 Å². The van der Waals surface area contributed by atoms with Gasteiger partial charge in [-0.25, -0.2) is 9.97 Å². The molecule has 0 fully saturated rings. The number of aryl methyl sites for hydroxylation is 1. The molecule has 3 rings (SSSR count). The van der Waals surface area contributed by atoms with Gasteiger partial charge in [0.05, 0.1) is 12.4 Å².